The van der Waals surface area contributed by atoms with Crippen LogP contribution >= 0.6 is 23.1 Å². The molecule has 1 amide bonds. The van der Waals surface area contributed by atoms with Crippen molar-refractivity contribution in [2.24, 2.45) is 0 Å². The second kappa shape index (κ2) is 9.86. The summed E-state index contributed by atoms with van der Waals surface area (Å²) in [5.74, 6) is 0.644. The van der Waals surface area contributed by atoms with Crippen LogP contribution in [0.4, 0.5) is 0 Å². The maximum atomic E-state index is 12.9. The van der Waals surface area contributed by atoms with Crippen LogP contribution in [-0.4, -0.2) is 52.6 Å². The van der Waals surface area contributed by atoms with Crippen LogP contribution in [0.1, 0.15) is 17.2 Å². The molecule has 1 aliphatic rings. The molecule has 0 spiro atoms. The Hall–Kier alpha value is -2.67. The number of nitrogens with zero attached hydrogens (tertiary/aromatic N) is 3. The summed E-state index contributed by atoms with van der Waals surface area (Å²) in [5.41, 5.74) is 3.60. The molecule has 5 rings (SSSR count). The van der Waals surface area contributed by atoms with Crippen LogP contribution in [0, 0.1) is 0 Å². The van der Waals surface area contributed by atoms with Gasteiger partial charge in [0.25, 0.3) is 0 Å². The first kappa shape index (κ1) is 21.2. The molecule has 32 heavy (non-hydrogen) atoms. The minimum absolute atomic E-state index is 0.199. The molecule has 0 saturated carbocycles. The standard InChI is InChI=1S/C26H25N3OS2/c30-24(19-31-26-27-22-13-7-8-14-23(22)32-26)28-15-17-29(18-16-28)25(20-9-3-1-4-10-20)21-11-5-2-6-12-21/h1-14,25H,15-19H2. The van der Waals surface area contributed by atoms with E-state index >= 15 is 0 Å². The van der Waals surface area contributed by atoms with Crippen LogP contribution in [0.5, 0.6) is 0 Å². The molecular formula is C26H25N3OS2. The number of rotatable bonds is 6. The van der Waals surface area contributed by atoms with Crippen molar-refractivity contribution in [1.82, 2.24) is 14.8 Å². The number of hydrogen-bond donors (Lipinski definition) is 0. The summed E-state index contributed by atoms with van der Waals surface area (Å²) in [6.45, 7) is 3.25. The van der Waals surface area contributed by atoms with E-state index in [-0.39, 0.29) is 11.9 Å². The van der Waals surface area contributed by atoms with Gasteiger partial charge >= 0.3 is 0 Å². The van der Waals surface area contributed by atoms with Crippen molar-refractivity contribution in [1.29, 1.82) is 0 Å². The van der Waals surface area contributed by atoms with Gasteiger partial charge < -0.3 is 4.90 Å². The van der Waals surface area contributed by atoms with E-state index in [2.05, 4.69) is 76.6 Å². The van der Waals surface area contributed by atoms with Gasteiger partial charge in [-0.1, -0.05) is 84.6 Å². The Kier molecular flexibility index (Phi) is 6.53. The van der Waals surface area contributed by atoms with Crippen molar-refractivity contribution in [3.63, 3.8) is 0 Å². The Bertz CT molecular complexity index is 1100. The molecule has 1 saturated heterocycles. The second-order valence-corrected chi connectivity index (χ2v) is 10.1. The third-order valence-electron chi connectivity index (χ3n) is 5.86. The molecule has 1 aromatic heterocycles. The van der Waals surface area contributed by atoms with Crippen molar-refractivity contribution in [3.05, 3.63) is 96.1 Å². The van der Waals surface area contributed by atoms with Gasteiger partial charge in [0.15, 0.2) is 4.34 Å². The van der Waals surface area contributed by atoms with E-state index in [1.165, 1.54) is 15.8 Å². The molecule has 0 aliphatic carbocycles. The summed E-state index contributed by atoms with van der Waals surface area (Å²) in [6.07, 6.45) is 0. The molecule has 0 atom stereocenters. The molecule has 0 unspecified atom stereocenters. The van der Waals surface area contributed by atoms with Gasteiger partial charge in [-0.15, -0.1) is 11.3 Å². The van der Waals surface area contributed by atoms with E-state index in [0.717, 1.165) is 36.0 Å². The summed E-state index contributed by atoms with van der Waals surface area (Å²) in [5, 5.41) is 0. The minimum atomic E-state index is 0.199. The molecule has 2 heterocycles. The Morgan fingerprint density at radius 2 is 1.44 bits per heavy atom. The Labute approximate surface area is 196 Å². The number of hydrogen-bond acceptors (Lipinski definition) is 5. The van der Waals surface area contributed by atoms with Gasteiger partial charge in [0.1, 0.15) is 0 Å². The lowest BCUT2D eigenvalue weighted by molar-refractivity contribution is -0.130. The lowest BCUT2D eigenvalue weighted by Gasteiger charge is -2.39. The molecule has 0 bridgehead atoms. The zero-order chi connectivity index (χ0) is 21.8. The van der Waals surface area contributed by atoms with E-state index < -0.39 is 0 Å². The zero-order valence-electron chi connectivity index (χ0n) is 17.8. The fourth-order valence-corrected chi connectivity index (χ4v) is 6.21. The van der Waals surface area contributed by atoms with Crippen LogP contribution in [-0.2, 0) is 4.79 Å². The van der Waals surface area contributed by atoms with Gasteiger partial charge in [0, 0.05) is 26.2 Å². The normalized spacial score (nSPS) is 14.8. The largest absolute Gasteiger partial charge is 0.339 e. The molecule has 4 nitrogen and oxygen atoms in total. The van der Waals surface area contributed by atoms with Gasteiger partial charge in [-0.3, -0.25) is 9.69 Å². The van der Waals surface area contributed by atoms with Crippen LogP contribution in [0.3, 0.4) is 0 Å². The van der Waals surface area contributed by atoms with Crippen molar-refractivity contribution in [3.8, 4) is 0 Å². The number of piperazine rings is 1. The fourth-order valence-electron chi connectivity index (χ4n) is 4.24. The SMILES string of the molecule is O=C(CSc1nc2ccccc2s1)N1CCN(C(c2ccccc2)c2ccccc2)CC1. The van der Waals surface area contributed by atoms with Crippen molar-refractivity contribution < 1.29 is 4.79 Å². The third kappa shape index (κ3) is 4.72. The van der Waals surface area contributed by atoms with Gasteiger partial charge in [0.2, 0.25) is 5.91 Å². The molecule has 0 N–H and O–H groups in total. The van der Waals surface area contributed by atoms with E-state index in [1.807, 2.05) is 23.1 Å². The highest BCUT2D eigenvalue weighted by Gasteiger charge is 2.28. The highest BCUT2D eigenvalue weighted by Crippen LogP contribution is 2.31. The number of carbonyl (C=O) groups excluding carboxylic acids is 1. The number of para-hydroxylation sites is 1. The first-order valence-corrected chi connectivity index (χ1v) is 12.7. The Balaban J connectivity index is 1.22. The van der Waals surface area contributed by atoms with E-state index in [4.69, 9.17) is 0 Å². The van der Waals surface area contributed by atoms with Crippen molar-refractivity contribution in [2.75, 3.05) is 31.9 Å². The first-order chi connectivity index (χ1) is 15.8. The average Bonchev–Trinajstić information content (AvgIpc) is 3.28. The third-order valence-corrected chi connectivity index (χ3v) is 8.02. The molecule has 4 aromatic rings. The maximum Gasteiger partial charge on any atom is 0.233 e. The van der Waals surface area contributed by atoms with Crippen LogP contribution in [0.25, 0.3) is 10.2 Å². The number of thioether (sulfide) groups is 1. The van der Waals surface area contributed by atoms with E-state index in [1.54, 1.807) is 23.1 Å². The topological polar surface area (TPSA) is 36.4 Å². The predicted molar refractivity (Wildman–Crippen MR) is 133 cm³/mol. The smallest absolute Gasteiger partial charge is 0.233 e. The maximum absolute atomic E-state index is 12.9. The number of benzene rings is 3. The number of fused-ring (bicyclic) bond motifs is 1. The van der Waals surface area contributed by atoms with Crippen LogP contribution in [0.2, 0.25) is 0 Å². The summed E-state index contributed by atoms with van der Waals surface area (Å²) in [7, 11) is 0. The van der Waals surface area contributed by atoms with Crippen molar-refractivity contribution >= 4 is 39.2 Å². The molecule has 0 radical (unpaired) electrons. The van der Waals surface area contributed by atoms with Crippen LogP contribution < -0.4 is 0 Å². The lowest BCUT2D eigenvalue weighted by atomic mass is 9.96. The van der Waals surface area contributed by atoms with Crippen LogP contribution in [0.15, 0.2) is 89.3 Å². The fraction of sp³-hybridized carbons (Fsp3) is 0.231. The van der Waals surface area contributed by atoms with E-state index in [0.29, 0.717) is 5.75 Å². The van der Waals surface area contributed by atoms with E-state index in [9.17, 15) is 4.79 Å². The summed E-state index contributed by atoms with van der Waals surface area (Å²) in [6, 6.07) is 29.7. The van der Waals surface area contributed by atoms with Crippen molar-refractivity contribution in [2.45, 2.75) is 10.4 Å². The molecule has 6 heteroatoms. The number of thiazole rings is 1. The molecule has 162 valence electrons. The molecular weight excluding hydrogens is 434 g/mol. The molecule has 1 fully saturated rings. The number of amides is 1. The Morgan fingerprint density at radius 3 is 2.06 bits per heavy atom. The summed E-state index contributed by atoms with van der Waals surface area (Å²) >= 11 is 3.21. The average molecular weight is 460 g/mol. The quantitative estimate of drug-likeness (QED) is 0.366. The van der Waals surface area contributed by atoms with Gasteiger partial charge in [-0.2, -0.15) is 0 Å². The van der Waals surface area contributed by atoms with Gasteiger partial charge in [0.05, 0.1) is 22.0 Å². The zero-order valence-corrected chi connectivity index (χ0v) is 19.4. The van der Waals surface area contributed by atoms with Gasteiger partial charge in [-0.05, 0) is 23.3 Å². The Morgan fingerprint density at radius 1 is 0.844 bits per heavy atom. The highest BCUT2D eigenvalue weighted by atomic mass is 32.2. The van der Waals surface area contributed by atoms with Gasteiger partial charge in [-0.25, -0.2) is 4.98 Å². The number of aromatic nitrogens is 1. The molecule has 3 aromatic carbocycles. The molecule has 1 aliphatic heterocycles. The highest BCUT2D eigenvalue weighted by molar-refractivity contribution is 8.01. The summed E-state index contributed by atoms with van der Waals surface area (Å²) < 4.78 is 2.13. The first-order valence-electron chi connectivity index (χ1n) is 10.9. The predicted octanol–water partition coefficient (Wildman–Crippen LogP) is 5.32. The number of carbonyl (C=O) groups is 1. The monoisotopic (exact) mass is 459 g/mol. The minimum Gasteiger partial charge on any atom is -0.339 e. The summed E-state index contributed by atoms with van der Waals surface area (Å²) in [4.78, 5) is 22.0. The lowest BCUT2D eigenvalue weighted by Crippen LogP contribution is -2.50. The second-order valence-electron chi connectivity index (χ2n) is 7.88.